The molecule has 0 N–H and O–H groups in total. The maximum Gasteiger partial charge on any atom is 0.225 e. The molecule has 0 aromatic carbocycles. The largest absolute Gasteiger partial charge is 0.344 e. The molecule has 3 heteroatoms. The Morgan fingerprint density at radius 3 is 2.60 bits per heavy atom. The molecular weight excluding hydrogens is 188 g/mol. The van der Waals surface area contributed by atoms with Gasteiger partial charge in [-0.15, -0.1) is 0 Å². The van der Waals surface area contributed by atoms with Crippen LogP contribution in [0.4, 0.5) is 0 Å². The minimum atomic E-state index is -0.0603. The molecule has 3 atom stereocenters. The van der Waals surface area contributed by atoms with Crippen molar-refractivity contribution in [3.63, 3.8) is 0 Å². The van der Waals surface area contributed by atoms with Crippen LogP contribution in [0.25, 0.3) is 0 Å². The van der Waals surface area contributed by atoms with Gasteiger partial charge in [0, 0.05) is 19.5 Å². The molecule has 2 aliphatic rings. The second kappa shape index (κ2) is 3.84. The Balaban J connectivity index is 1.82. The smallest absolute Gasteiger partial charge is 0.225 e. The van der Waals surface area contributed by atoms with Gasteiger partial charge >= 0.3 is 0 Å². The van der Waals surface area contributed by atoms with Gasteiger partial charge in [-0.3, -0.25) is 4.79 Å². The minimum Gasteiger partial charge on any atom is -0.344 e. The van der Waals surface area contributed by atoms with E-state index in [0.717, 1.165) is 24.7 Å². The molecule has 0 heterocycles. The number of nitriles is 1. The van der Waals surface area contributed by atoms with Crippen LogP contribution in [0.2, 0.25) is 0 Å². The molecule has 0 aliphatic heterocycles. The van der Waals surface area contributed by atoms with Crippen molar-refractivity contribution in [1.29, 1.82) is 5.26 Å². The summed E-state index contributed by atoms with van der Waals surface area (Å²) in [6, 6.07) is 2.16. The Labute approximate surface area is 91.1 Å². The average Bonchev–Trinajstić information content (AvgIpc) is 2.84. The van der Waals surface area contributed by atoms with Gasteiger partial charge in [0.15, 0.2) is 0 Å². The SMILES string of the molecule is CC(C#N)CN(C)C(=O)C1CC2CC2C1. The van der Waals surface area contributed by atoms with Gasteiger partial charge in [-0.25, -0.2) is 0 Å². The molecular formula is C12H18N2O. The van der Waals surface area contributed by atoms with Crippen molar-refractivity contribution in [1.82, 2.24) is 4.90 Å². The standard InChI is InChI=1S/C12H18N2O/c1-8(6-13)7-14(2)12(15)11-4-9-3-10(9)5-11/h8-11H,3-5,7H2,1-2H3. The first kappa shape index (κ1) is 10.5. The van der Waals surface area contributed by atoms with Crippen LogP contribution in [0.15, 0.2) is 0 Å². The molecule has 82 valence electrons. The lowest BCUT2D eigenvalue weighted by Crippen LogP contribution is -2.35. The minimum absolute atomic E-state index is 0.0603. The van der Waals surface area contributed by atoms with Crippen molar-refractivity contribution in [2.45, 2.75) is 26.2 Å². The highest BCUT2D eigenvalue weighted by atomic mass is 16.2. The van der Waals surface area contributed by atoms with Gasteiger partial charge in [-0.05, 0) is 38.0 Å². The summed E-state index contributed by atoms with van der Waals surface area (Å²) in [7, 11) is 1.82. The van der Waals surface area contributed by atoms with Crippen LogP contribution in [0, 0.1) is 35.0 Å². The third-order valence-electron chi connectivity index (χ3n) is 3.74. The Hall–Kier alpha value is -1.04. The summed E-state index contributed by atoms with van der Waals surface area (Å²) in [5.74, 6) is 2.14. The molecule has 0 radical (unpaired) electrons. The number of hydrogen-bond donors (Lipinski definition) is 0. The number of nitrogens with zero attached hydrogens (tertiary/aromatic N) is 2. The number of hydrogen-bond acceptors (Lipinski definition) is 2. The Morgan fingerprint density at radius 1 is 1.47 bits per heavy atom. The zero-order valence-electron chi connectivity index (χ0n) is 9.44. The lowest BCUT2D eigenvalue weighted by atomic mass is 10.0. The monoisotopic (exact) mass is 206 g/mol. The molecule has 0 saturated heterocycles. The first-order valence-corrected chi connectivity index (χ1v) is 5.76. The molecule has 15 heavy (non-hydrogen) atoms. The van der Waals surface area contributed by atoms with Crippen LogP contribution in [-0.2, 0) is 4.79 Å². The number of amides is 1. The van der Waals surface area contributed by atoms with Crippen molar-refractivity contribution in [3.05, 3.63) is 0 Å². The van der Waals surface area contributed by atoms with Crippen molar-refractivity contribution in [3.8, 4) is 6.07 Å². The van der Waals surface area contributed by atoms with Crippen LogP contribution in [0.5, 0.6) is 0 Å². The lowest BCUT2D eigenvalue weighted by Gasteiger charge is -2.22. The fraction of sp³-hybridized carbons (Fsp3) is 0.833. The maximum absolute atomic E-state index is 12.0. The molecule has 0 aromatic rings. The van der Waals surface area contributed by atoms with Gasteiger partial charge in [-0.1, -0.05) is 0 Å². The molecule has 0 bridgehead atoms. The van der Waals surface area contributed by atoms with E-state index in [0.29, 0.717) is 6.54 Å². The third kappa shape index (κ3) is 2.14. The molecule has 2 fully saturated rings. The fourth-order valence-electron chi connectivity index (χ4n) is 2.77. The highest BCUT2D eigenvalue weighted by Gasteiger charge is 2.48. The molecule has 2 saturated carbocycles. The van der Waals surface area contributed by atoms with Crippen LogP contribution >= 0.6 is 0 Å². The molecule has 1 amide bonds. The van der Waals surface area contributed by atoms with E-state index in [1.54, 1.807) is 4.90 Å². The topological polar surface area (TPSA) is 44.1 Å². The van der Waals surface area contributed by atoms with E-state index in [9.17, 15) is 4.79 Å². The highest BCUT2D eigenvalue weighted by Crippen LogP contribution is 2.54. The zero-order chi connectivity index (χ0) is 11.0. The third-order valence-corrected chi connectivity index (χ3v) is 3.74. The number of carbonyl (C=O) groups is 1. The summed E-state index contributed by atoms with van der Waals surface area (Å²) in [5.41, 5.74) is 0. The summed E-state index contributed by atoms with van der Waals surface area (Å²) in [6.45, 7) is 2.43. The van der Waals surface area contributed by atoms with Crippen LogP contribution < -0.4 is 0 Å². The molecule has 3 unspecified atom stereocenters. The number of carbonyl (C=O) groups excluding carboxylic acids is 1. The quantitative estimate of drug-likeness (QED) is 0.704. The maximum atomic E-state index is 12.0. The van der Waals surface area contributed by atoms with E-state index >= 15 is 0 Å². The molecule has 0 aromatic heterocycles. The molecule has 2 aliphatic carbocycles. The predicted octanol–water partition coefficient (Wildman–Crippen LogP) is 1.65. The molecule has 2 rings (SSSR count). The second-order valence-electron chi connectivity index (χ2n) is 5.17. The molecule has 0 spiro atoms. The van der Waals surface area contributed by atoms with Crippen molar-refractivity contribution >= 4 is 5.91 Å². The summed E-state index contributed by atoms with van der Waals surface area (Å²) in [5, 5.41) is 8.69. The normalized spacial score (nSPS) is 34.1. The predicted molar refractivity (Wildman–Crippen MR) is 56.7 cm³/mol. The fourth-order valence-corrected chi connectivity index (χ4v) is 2.77. The summed E-state index contributed by atoms with van der Waals surface area (Å²) < 4.78 is 0. The summed E-state index contributed by atoms with van der Waals surface area (Å²) in [4.78, 5) is 13.7. The summed E-state index contributed by atoms with van der Waals surface area (Å²) >= 11 is 0. The van der Waals surface area contributed by atoms with Gasteiger partial charge in [0.1, 0.15) is 0 Å². The Bertz CT molecular complexity index is 297. The summed E-state index contributed by atoms with van der Waals surface area (Å²) in [6.07, 6.45) is 3.53. The van der Waals surface area contributed by atoms with Crippen molar-refractivity contribution in [2.75, 3.05) is 13.6 Å². The van der Waals surface area contributed by atoms with E-state index in [4.69, 9.17) is 5.26 Å². The average molecular weight is 206 g/mol. The second-order valence-corrected chi connectivity index (χ2v) is 5.17. The van der Waals surface area contributed by atoms with Crippen LogP contribution in [0.3, 0.4) is 0 Å². The van der Waals surface area contributed by atoms with Gasteiger partial charge in [0.25, 0.3) is 0 Å². The number of fused-ring (bicyclic) bond motifs is 1. The first-order valence-electron chi connectivity index (χ1n) is 5.76. The van der Waals surface area contributed by atoms with E-state index in [2.05, 4.69) is 6.07 Å². The Morgan fingerprint density at radius 2 is 2.07 bits per heavy atom. The van der Waals surface area contributed by atoms with E-state index < -0.39 is 0 Å². The van der Waals surface area contributed by atoms with Crippen molar-refractivity contribution < 1.29 is 4.79 Å². The number of rotatable bonds is 3. The lowest BCUT2D eigenvalue weighted by molar-refractivity contribution is -0.134. The highest BCUT2D eigenvalue weighted by molar-refractivity contribution is 5.79. The van der Waals surface area contributed by atoms with Gasteiger partial charge < -0.3 is 4.90 Å². The van der Waals surface area contributed by atoms with Crippen LogP contribution in [-0.4, -0.2) is 24.4 Å². The van der Waals surface area contributed by atoms with Gasteiger partial charge in [0.2, 0.25) is 5.91 Å². The molecule has 3 nitrogen and oxygen atoms in total. The van der Waals surface area contributed by atoms with Gasteiger partial charge in [-0.2, -0.15) is 5.26 Å². The first-order chi connectivity index (χ1) is 7.11. The van der Waals surface area contributed by atoms with Crippen LogP contribution in [0.1, 0.15) is 26.2 Å². The Kier molecular flexibility index (Phi) is 2.68. The van der Waals surface area contributed by atoms with Gasteiger partial charge in [0.05, 0.1) is 12.0 Å². The van der Waals surface area contributed by atoms with E-state index in [1.807, 2.05) is 14.0 Å². The van der Waals surface area contributed by atoms with Crippen molar-refractivity contribution in [2.24, 2.45) is 23.7 Å². The van der Waals surface area contributed by atoms with E-state index in [1.165, 1.54) is 6.42 Å². The zero-order valence-corrected chi connectivity index (χ0v) is 9.44. The van der Waals surface area contributed by atoms with E-state index in [-0.39, 0.29) is 17.7 Å².